The lowest BCUT2D eigenvalue weighted by atomic mass is 10.0. The van der Waals surface area contributed by atoms with Crippen molar-refractivity contribution in [2.24, 2.45) is 0 Å². The highest BCUT2D eigenvalue weighted by molar-refractivity contribution is 6.15. The molecule has 0 saturated heterocycles. The highest BCUT2D eigenvalue weighted by Gasteiger charge is 2.42. The molecule has 1 heterocycles. The molecule has 118 valence electrons. The summed E-state index contributed by atoms with van der Waals surface area (Å²) in [5.74, 6) is -0.305. The number of carbonyl (C=O) groups excluding carboxylic acids is 2. The second-order valence-corrected chi connectivity index (χ2v) is 6.74. The molecule has 4 nitrogen and oxygen atoms in total. The minimum Gasteiger partial charge on any atom is -0.349 e. The highest BCUT2D eigenvalue weighted by Crippen LogP contribution is 2.37. The molecule has 0 saturated carbocycles. The molecule has 0 radical (unpaired) electrons. The molecule has 2 amide bonds. The first kappa shape index (κ1) is 15.3. The number of amides is 2. The number of anilines is 1. The van der Waals surface area contributed by atoms with E-state index in [-0.39, 0.29) is 17.4 Å². The van der Waals surface area contributed by atoms with Gasteiger partial charge in [-0.25, -0.2) is 0 Å². The van der Waals surface area contributed by atoms with Gasteiger partial charge in [0.05, 0.1) is 0 Å². The van der Waals surface area contributed by atoms with Gasteiger partial charge < -0.3 is 5.32 Å². The molecular weight excluding hydrogens is 288 g/mol. The summed E-state index contributed by atoms with van der Waals surface area (Å²) in [6.07, 6.45) is 0. The van der Waals surface area contributed by atoms with Crippen molar-refractivity contribution >= 4 is 17.5 Å². The normalized spacial score (nSPS) is 17.1. The van der Waals surface area contributed by atoms with Gasteiger partial charge in [-0.3, -0.25) is 14.5 Å². The number of benzene rings is 2. The van der Waals surface area contributed by atoms with Crippen molar-refractivity contribution in [2.75, 3.05) is 4.90 Å². The largest absolute Gasteiger partial charge is 0.349 e. The zero-order valence-corrected chi connectivity index (χ0v) is 13.5. The quantitative estimate of drug-likeness (QED) is 0.925. The van der Waals surface area contributed by atoms with Crippen LogP contribution in [-0.2, 0) is 4.79 Å². The van der Waals surface area contributed by atoms with E-state index >= 15 is 0 Å². The number of carbonyl (C=O) groups is 2. The molecule has 23 heavy (non-hydrogen) atoms. The fourth-order valence-electron chi connectivity index (χ4n) is 2.87. The second-order valence-electron chi connectivity index (χ2n) is 6.74. The van der Waals surface area contributed by atoms with Crippen LogP contribution in [0.15, 0.2) is 54.6 Å². The lowest BCUT2D eigenvalue weighted by Crippen LogP contribution is -2.47. The van der Waals surface area contributed by atoms with Gasteiger partial charge in [0.15, 0.2) is 0 Å². The van der Waals surface area contributed by atoms with Crippen molar-refractivity contribution in [3.63, 3.8) is 0 Å². The van der Waals surface area contributed by atoms with Gasteiger partial charge in [0.25, 0.3) is 5.91 Å². The second kappa shape index (κ2) is 5.54. The molecule has 1 aliphatic heterocycles. The molecule has 0 spiro atoms. The Bertz CT molecular complexity index is 747. The van der Waals surface area contributed by atoms with Crippen molar-refractivity contribution in [3.8, 4) is 0 Å². The Morgan fingerprint density at radius 2 is 1.61 bits per heavy atom. The van der Waals surface area contributed by atoms with Crippen molar-refractivity contribution in [1.82, 2.24) is 5.32 Å². The maximum absolute atomic E-state index is 12.8. The molecule has 1 N–H and O–H groups in total. The predicted octanol–water partition coefficient (Wildman–Crippen LogP) is 3.30. The third kappa shape index (κ3) is 2.84. The zero-order chi connectivity index (χ0) is 16.6. The molecular formula is C19H20N2O2. The van der Waals surface area contributed by atoms with Crippen LogP contribution in [0.25, 0.3) is 0 Å². The van der Waals surface area contributed by atoms with Crippen LogP contribution in [0.2, 0.25) is 0 Å². The Morgan fingerprint density at radius 3 is 2.26 bits per heavy atom. The number of fused-ring (bicyclic) bond motifs is 1. The van der Waals surface area contributed by atoms with E-state index in [1.807, 2.05) is 69.3 Å². The predicted molar refractivity (Wildman–Crippen MR) is 90.3 cm³/mol. The molecule has 1 atom stereocenters. The Hall–Kier alpha value is -2.62. The molecule has 1 aliphatic rings. The summed E-state index contributed by atoms with van der Waals surface area (Å²) in [6, 6.07) is 16.0. The number of nitrogens with zero attached hydrogens (tertiary/aromatic N) is 1. The van der Waals surface area contributed by atoms with E-state index in [1.165, 1.54) is 0 Å². The first-order valence-corrected chi connectivity index (χ1v) is 7.68. The minimum atomic E-state index is -0.639. The van der Waals surface area contributed by atoms with Gasteiger partial charge >= 0.3 is 0 Å². The summed E-state index contributed by atoms with van der Waals surface area (Å²) in [7, 11) is 0. The Balaban J connectivity index is 2.08. The molecule has 3 rings (SSSR count). The average molecular weight is 308 g/mol. The van der Waals surface area contributed by atoms with Crippen LogP contribution in [0.5, 0.6) is 0 Å². The van der Waals surface area contributed by atoms with E-state index in [4.69, 9.17) is 0 Å². The van der Waals surface area contributed by atoms with Crippen molar-refractivity contribution in [2.45, 2.75) is 32.4 Å². The lowest BCUT2D eigenvalue weighted by Gasteiger charge is -2.28. The third-order valence-corrected chi connectivity index (χ3v) is 3.74. The van der Waals surface area contributed by atoms with Gasteiger partial charge in [0.1, 0.15) is 6.04 Å². The van der Waals surface area contributed by atoms with Crippen LogP contribution in [0.4, 0.5) is 5.69 Å². The highest BCUT2D eigenvalue weighted by atomic mass is 16.2. The molecule has 0 aliphatic carbocycles. The lowest BCUT2D eigenvalue weighted by molar-refractivity contribution is -0.123. The fourth-order valence-corrected chi connectivity index (χ4v) is 2.87. The fraction of sp³-hybridized carbons (Fsp3) is 0.263. The molecule has 0 fully saturated rings. The molecule has 0 aromatic heterocycles. The zero-order valence-electron chi connectivity index (χ0n) is 13.5. The average Bonchev–Trinajstić information content (AvgIpc) is 2.80. The van der Waals surface area contributed by atoms with E-state index < -0.39 is 6.04 Å². The topological polar surface area (TPSA) is 49.4 Å². The number of nitrogens with one attached hydrogen (secondary N) is 1. The van der Waals surface area contributed by atoms with Gasteiger partial charge in [-0.1, -0.05) is 36.4 Å². The van der Waals surface area contributed by atoms with E-state index in [0.29, 0.717) is 5.56 Å². The van der Waals surface area contributed by atoms with Crippen LogP contribution in [-0.4, -0.2) is 17.4 Å². The van der Waals surface area contributed by atoms with Crippen molar-refractivity contribution < 1.29 is 9.59 Å². The Kier molecular flexibility index (Phi) is 3.68. The number of para-hydroxylation sites is 1. The molecule has 2 aromatic rings. The van der Waals surface area contributed by atoms with Gasteiger partial charge in [-0.05, 0) is 44.5 Å². The van der Waals surface area contributed by atoms with Gasteiger partial charge in [0, 0.05) is 16.8 Å². The van der Waals surface area contributed by atoms with Crippen LogP contribution < -0.4 is 10.2 Å². The van der Waals surface area contributed by atoms with Crippen LogP contribution >= 0.6 is 0 Å². The van der Waals surface area contributed by atoms with E-state index in [2.05, 4.69) is 5.32 Å². The van der Waals surface area contributed by atoms with Crippen LogP contribution in [0.3, 0.4) is 0 Å². The van der Waals surface area contributed by atoms with E-state index in [1.54, 1.807) is 11.0 Å². The Labute approximate surface area is 136 Å². The van der Waals surface area contributed by atoms with E-state index in [9.17, 15) is 9.59 Å². The molecule has 1 unspecified atom stereocenters. The molecule has 4 heteroatoms. The van der Waals surface area contributed by atoms with Crippen molar-refractivity contribution in [1.29, 1.82) is 0 Å². The SMILES string of the molecule is CC(C)(C)NC(=O)C1c2ccccc2C(=O)N1c1ccccc1. The minimum absolute atomic E-state index is 0.138. The van der Waals surface area contributed by atoms with Gasteiger partial charge in [-0.2, -0.15) is 0 Å². The summed E-state index contributed by atoms with van der Waals surface area (Å²) in [5.41, 5.74) is 1.70. The maximum Gasteiger partial charge on any atom is 0.259 e. The smallest absolute Gasteiger partial charge is 0.259 e. The Morgan fingerprint density at radius 1 is 1.00 bits per heavy atom. The summed E-state index contributed by atoms with van der Waals surface area (Å²) in [4.78, 5) is 27.2. The summed E-state index contributed by atoms with van der Waals surface area (Å²) < 4.78 is 0. The van der Waals surface area contributed by atoms with E-state index in [0.717, 1.165) is 11.3 Å². The van der Waals surface area contributed by atoms with Gasteiger partial charge in [0.2, 0.25) is 5.91 Å². The number of hydrogen-bond acceptors (Lipinski definition) is 2. The molecule has 0 bridgehead atoms. The van der Waals surface area contributed by atoms with Gasteiger partial charge in [-0.15, -0.1) is 0 Å². The first-order chi connectivity index (χ1) is 10.9. The summed E-state index contributed by atoms with van der Waals surface area (Å²) in [5, 5.41) is 2.99. The molecule has 2 aromatic carbocycles. The van der Waals surface area contributed by atoms with Crippen molar-refractivity contribution in [3.05, 3.63) is 65.7 Å². The number of hydrogen-bond donors (Lipinski definition) is 1. The van der Waals surface area contributed by atoms with Crippen LogP contribution in [0.1, 0.15) is 42.7 Å². The third-order valence-electron chi connectivity index (χ3n) is 3.74. The van der Waals surface area contributed by atoms with Crippen LogP contribution in [0, 0.1) is 0 Å². The summed E-state index contributed by atoms with van der Waals surface area (Å²) in [6.45, 7) is 5.79. The standard InChI is InChI=1S/C19H20N2O2/c1-19(2,3)20-17(22)16-14-11-7-8-12-15(14)18(23)21(16)13-9-5-4-6-10-13/h4-12,16H,1-3H3,(H,20,22). The first-order valence-electron chi connectivity index (χ1n) is 7.68. The summed E-state index contributed by atoms with van der Waals surface area (Å²) >= 11 is 0. The maximum atomic E-state index is 12.8. The number of rotatable bonds is 2. The monoisotopic (exact) mass is 308 g/mol.